The molecule has 2 heterocycles. The summed E-state index contributed by atoms with van der Waals surface area (Å²) in [5.74, 6) is 0.0960. The minimum Gasteiger partial charge on any atom is -0.392 e. The predicted molar refractivity (Wildman–Crippen MR) is 115 cm³/mol. The van der Waals surface area contributed by atoms with Gasteiger partial charge < -0.3 is 10.4 Å². The molecule has 0 aliphatic rings. The molecule has 0 saturated carbocycles. The molecule has 7 nitrogen and oxygen atoms in total. The first kappa shape index (κ1) is 21.6. The molecule has 0 radical (unpaired) electrons. The Hall–Kier alpha value is -3.06. The molecule has 1 aromatic carbocycles. The quantitative estimate of drug-likeness (QED) is 0.449. The Bertz CT molecular complexity index is 911. The molecule has 0 bridgehead atoms. The first-order valence-electron chi connectivity index (χ1n) is 10.5. The number of aryl methyl sites for hydroxylation is 1. The second-order valence-corrected chi connectivity index (χ2v) is 7.35. The summed E-state index contributed by atoms with van der Waals surface area (Å²) in [6, 6.07) is 11.5. The molecule has 2 aromatic heterocycles. The van der Waals surface area contributed by atoms with Crippen molar-refractivity contribution in [3.05, 3.63) is 71.8 Å². The summed E-state index contributed by atoms with van der Waals surface area (Å²) in [5, 5.41) is 20.8. The number of hydrogen-bond donors (Lipinski definition) is 2. The number of benzene rings is 1. The molecular weight excluding hydrogens is 378 g/mol. The van der Waals surface area contributed by atoms with Crippen LogP contribution in [0.4, 0.5) is 0 Å². The second kappa shape index (κ2) is 11.8. The highest BCUT2D eigenvalue weighted by molar-refractivity contribution is 5.75. The van der Waals surface area contributed by atoms with Gasteiger partial charge in [-0.15, -0.1) is 5.10 Å². The Kier molecular flexibility index (Phi) is 8.53. The minimum absolute atomic E-state index is 0.0210. The van der Waals surface area contributed by atoms with Crippen molar-refractivity contribution in [3.8, 4) is 5.69 Å². The van der Waals surface area contributed by atoms with Crippen LogP contribution in [0.5, 0.6) is 0 Å². The molecule has 30 heavy (non-hydrogen) atoms. The highest BCUT2D eigenvalue weighted by Crippen LogP contribution is 2.15. The van der Waals surface area contributed by atoms with Crippen LogP contribution in [0.15, 0.2) is 55.0 Å². The van der Waals surface area contributed by atoms with Crippen molar-refractivity contribution >= 4 is 5.91 Å². The molecule has 0 aliphatic heterocycles. The van der Waals surface area contributed by atoms with E-state index in [2.05, 4.69) is 20.6 Å². The van der Waals surface area contributed by atoms with E-state index in [1.807, 2.05) is 42.6 Å². The fourth-order valence-corrected chi connectivity index (χ4v) is 3.31. The molecule has 0 saturated heterocycles. The van der Waals surface area contributed by atoms with Crippen molar-refractivity contribution in [3.63, 3.8) is 0 Å². The Morgan fingerprint density at radius 2 is 1.87 bits per heavy atom. The van der Waals surface area contributed by atoms with Gasteiger partial charge in [0, 0.05) is 30.9 Å². The van der Waals surface area contributed by atoms with Gasteiger partial charge in [0.1, 0.15) is 0 Å². The number of aliphatic hydroxyl groups excluding tert-OH is 1. The van der Waals surface area contributed by atoms with Crippen molar-refractivity contribution in [2.24, 2.45) is 0 Å². The van der Waals surface area contributed by atoms with Gasteiger partial charge in [-0.05, 0) is 37.0 Å². The van der Waals surface area contributed by atoms with Gasteiger partial charge in [-0.25, -0.2) is 4.68 Å². The van der Waals surface area contributed by atoms with Crippen LogP contribution in [0.1, 0.15) is 55.3 Å². The molecule has 0 spiro atoms. The Morgan fingerprint density at radius 3 is 2.70 bits per heavy atom. The summed E-state index contributed by atoms with van der Waals surface area (Å²) >= 11 is 0. The van der Waals surface area contributed by atoms with Crippen LogP contribution < -0.4 is 5.32 Å². The van der Waals surface area contributed by atoms with Crippen molar-refractivity contribution in [2.75, 3.05) is 0 Å². The number of unbranched alkanes of at least 4 members (excludes halogenated alkanes) is 4. The largest absolute Gasteiger partial charge is 0.392 e. The van der Waals surface area contributed by atoms with E-state index in [1.165, 1.54) is 0 Å². The third kappa shape index (κ3) is 6.77. The summed E-state index contributed by atoms with van der Waals surface area (Å²) in [5.41, 5.74) is 3.67. The van der Waals surface area contributed by atoms with Crippen LogP contribution >= 0.6 is 0 Å². The molecule has 0 fully saturated rings. The maximum Gasteiger partial charge on any atom is 0.220 e. The predicted octanol–water partition coefficient (Wildman–Crippen LogP) is 3.35. The SMILES string of the molecule is O=C(CCCCCCCc1cn(-c2ccccc2CO)nn1)NCc1cccnc1. The number of nitrogens with zero attached hydrogens (tertiary/aromatic N) is 4. The Balaban J connectivity index is 1.27. The fourth-order valence-electron chi connectivity index (χ4n) is 3.31. The molecule has 1 amide bonds. The average molecular weight is 408 g/mol. The van der Waals surface area contributed by atoms with E-state index in [9.17, 15) is 9.90 Å². The number of carbonyl (C=O) groups excluding carboxylic acids is 1. The van der Waals surface area contributed by atoms with E-state index in [0.717, 1.165) is 61.0 Å². The molecule has 2 N–H and O–H groups in total. The van der Waals surface area contributed by atoms with E-state index < -0.39 is 0 Å². The molecule has 3 aromatic rings. The second-order valence-electron chi connectivity index (χ2n) is 7.35. The van der Waals surface area contributed by atoms with Crippen LogP contribution in [0.3, 0.4) is 0 Å². The zero-order chi connectivity index (χ0) is 21.0. The molecule has 0 aliphatic carbocycles. The molecule has 0 unspecified atom stereocenters. The lowest BCUT2D eigenvalue weighted by molar-refractivity contribution is -0.121. The van der Waals surface area contributed by atoms with Gasteiger partial charge in [0.25, 0.3) is 0 Å². The number of aliphatic hydroxyl groups is 1. The fraction of sp³-hybridized carbons (Fsp3) is 0.391. The molecular formula is C23H29N5O2. The number of carbonyl (C=O) groups is 1. The number of pyridine rings is 1. The Labute approximate surface area is 177 Å². The standard InChI is InChI=1S/C23H29N5O2/c29-18-20-10-6-7-12-22(20)28-17-21(26-27-28)11-4-2-1-3-5-13-23(30)25-16-19-9-8-14-24-15-19/h6-10,12,14-15,17,29H,1-5,11,13,16,18H2,(H,25,30). The van der Waals surface area contributed by atoms with Gasteiger partial charge in [0.2, 0.25) is 5.91 Å². The van der Waals surface area contributed by atoms with E-state index in [-0.39, 0.29) is 12.5 Å². The summed E-state index contributed by atoms with van der Waals surface area (Å²) < 4.78 is 1.73. The maximum atomic E-state index is 11.9. The molecule has 0 atom stereocenters. The zero-order valence-corrected chi connectivity index (χ0v) is 17.2. The number of aromatic nitrogens is 4. The first-order chi connectivity index (χ1) is 14.8. The van der Waals surface area contributed by atoms with Crippen LogP contribution in [-0.2, 0) is 24.4 Å². The first-order valence-corrected chi connectivity index (χ1v) is 10.5. The Morgan fingerprint density at radius 1 is 1.03 bits per heavy atom. The van der Waals surface area contributed by atoms with E-state index in [0.29, 0.717) is 13.0 Å². The average Bonchev–Trinajstić information content (AvgIpc) is 3.26. The maximum absolute atomic E-state index is 11.9. The summed E-state index contributed by atoms with van der Waals surface area (Å²) in [4.78, 5) is 15.9. The van der Waals surface area contributed by atoms with Crippen molar-refractivity contribution in [1.29, 1.82) is 0 Å². The smallest absolute Gasteiger partial charge is 0.220 e. The summed E-state index contributed by atoms with van der Waals surface area (Å²) in [7, 11) is 0. The topological polar surface area (TPSA) is 92.9 Å². The van der Waals surface area contributed by atoms with Crippen molar-refractivity contribution < 1.29 is 9.90 Å². The number of hydrogen-bond acceptors (Lipinski definition) is 5. The van der Waals surface area contributed by atoms with Gasteiger partial charge in [-0.3, -0.25) is 9.78 Å². The lowest BCUT2D eigenvalue weighted by Crippen LogP contribution is -2.22. The van der Waals surface area contributed by atoms with Crippen LogP contribution in [0, 0.1) is 0 Å². The van der Waals surface area contributed by atoms with Gasteiger partial charge in [0.05, 0.1) is 24.2 Å². The number of nitrogens with one attached hydrogen (secondary N) is 1. The van der Waals surface area contributed by atoms with E-state index >= 15 is 0 Å². The number of rotatable bonds is 12. The van der Waals surface area contributed by atoms with Gasteiger partial charge in [-0.1, -0.05) is 48.7 Å². The van der Waals surface area contributed by atoms with Crippen LogP contribution in [0.2, 0.25) is 0 Å². The van der Waals surface area contributed by atoms with Gasteiger partial charge >= 0.3 is 0 Å². The summed E-state index contributed by atoms with van der Waals surface area (Å²) in [6.45, 7) is 0.517. The summed E-state index contributed by atoms with van der Waals surface area (Å²) in [6.07, 6.45) is 12.1. The third-order valence-corrected chi connectivity index (χ3v) is 5.00. The monoisotopic (exact) mass is 407 g/mol. The van der Waals surface area contributed by atoms with E-state index in [1.54, 1.807) is 17.1 Å². The molecule has 7 heteroatoms. The van der Waals surface area contributed by atoms with Crippen LogP contribution in [-0.4, -0.2) is 31.0 Å². The number of amides is 1. The normalized spacial score (nSPS) is 10.8. The van der Waals surface area contributed by atoms with E-state index in [4.69, 9.17) is 0 Å². The minimum atomic E-state index is -0.0210. The molecule has 3 rings (SSSR count). The highest BCUT2D eigenvalue weighted by atomic mass is 16.3. The lowest BCUT2D eigenvalue weighted by atomic mass is 10.1. The third-order valence-electron chi connectivity index (χ3n) is 5.00. The van der Waals surface area contributed by atoms with Gasteiger partial charge in [-0.2, -0.15) is 0 Å². The number of para-hydroxylation sites is 1. The van der Waals surface area contributed by atoms with Crippen LogP contribution in [0.25, 0.3) is 5.69 Å². The van der Waals surface area contributed by atoms with Crippen molar-refractivity contribution in [1.82, 2.24) is 25.3 Å². The molecule has 158 valence electrons. The zero-order valence-electron chi connectivity index (χ0n) is 17.2. The van der Waals surface area contributed by atoms with Gasteiger partial charge in [0.15, 0.2) is 0 Å². The highest BCUT2D eigenvalue weighted by Gasteiger charge is 2.07. The lowest BCUT2D eigenvalue weighted by Gasteiger charge is -2.05. The van der Waals surface area contributed by atoms with Crippen molar-refractivity contribution in [2.45, 2.75) is 58.1 Å².